The number of methoxy groups -OCH3 is 2. The van der Waals surface area contributed by atoms with E-state index in [1.54, 1.807) is 20.4 Å². The smallest absolute Gasteiger partial charge is 0.171 e. The van der Waals surface area contributed by atoms with Crippen molar-refractivity contribution in [3.8, 4) is 22.9 Å². The normalized spacial score (nSPS) is 19.8. The molecule has 134 valence electrons. The molecule has 2 atom stereocenters. The van der Waals surface area contributed by atoms with Gasteiger partial charge in [-0.1, -0.05) is 6.07 Å². The summed E-state index contributed by atoms with van der Waals surface area (Å²) in [6, 6.07) is 5.73. The lowest BCUT2D eigenvalue weighted by Gasteiger charge is -2.30. The highest BCUT2D eigenvalue weighted by Crippen LogP contribution is 2.38. The second kappa shape index (κ2) is 9.13. The number of nitrogens with zero attached hydrogens (tertiary/aromatic N) is 2. The largest absolute Gasteiger partial charge is 0.493 e. The van der Waals surface area contributed by atoms with Crippen LogP contribution in [0.1, 0.15) is 12.5 Å². The van der Waals surface area contributed by atoms with Crippen LogP contribution in [0.3, 0.4) is 0 Å². The highest BCUT2D eigenvalue weighted by molar-refractivity contribution is 5.85. The number of benzene rings is 1. The Labute approximate surface area is 154 Å². The number of nitrogens with one attached hydrogen (secondary N) is 1. The number of imidazole rings is 1. The number of para-hydroxylation sites is 1. The second-order valence-corrected chi connectivity index (χ2v) is 5.33. The van der Waals surface area contributed by atoms with Gasteiger partial charge in [-0.15, -0.1) is 24.8 Å². The van der Waals surface area contributed by atoms with E-state index in [0.717, 1.165) is 24.4 Å². The molecule has 0 bridgehead atoms. The SMILES string of the molecule is COc1cccc(-c2nccn2[C@H]2CCNC[C@@H]2O)c1OC.Cl.Cl. The summed E-state index contributed by atoms with van der Waals surface area (Å²) >= 11 is 0. The average molecular weight is 376 g/mol. The van der Waals surface area contributed by atoms with Crippen LogP contribution >= 0.6 is 24.8 Å². The van der Waals surface area contributed by atoms with Gasteiger partial charge in [-0.3, -0.25) is 0 Å². The van der Waals surface area contributed by atoms with E-state index in [1.165, 1.54) is 0 Å². The minimum Gasteiger partial charge on any atom is -0.493 e. The third kappa shape index (κ3) is 3.78. The summed E-state index contributed by atoms with van der Waals surface area (Å²) in [5.41, 5.74) is 0.859. The fourth-order valence-electron chi connectivity index (χ4n) is 3.01. The molecule has 1 aromatic carbocycles. The van der Waals surface area contributed by atoms with Crippen molar-refractivity contribution in [3.05, 3.63) is 30.6 Å². The van der Waals surface area contributed by atoms with Crippen molar-refractivity contribution in [1.82, 2.24) is 14.9 Å². The van der Waals surface area contributed by atoms with Crippen LogP contribution in [0, 0.1) is 0 Å². The molecule has 0 unspecified atom stereocenters. The first-order chi connectivity index (χ1) is 10.8. The van der Waals surface area contributed by atoms with E-state index in [-0.39, 0.29) is 30.9 Å². The molecule has 1 aliphatic rings. The van der Waals surface area contributed by atoms with Crippen LogP contribution in [0.15, 0.2) is 30.6 Å². The van der Waals surface area contributed by atoms with Crippen molar-refractivity contribution >= 4 is 24.8 Å². The van der Waals surface area contributed by atoms with Gasteiger partial charge in [0.25, 0.3) is 0 Å². The summed E-state index contributed by atoms with van der Waals surface area (Å²) in [5.74, 6) is 2.10. The maximum absolute atomic E-state index is 10.3. The number of piperidine rings is 1. The number of halogens is 2. The lowest BCUT2D eigenvalue weighted by Crippen LogP contribution is -2.41. The van der Waals surface area contributed by atoms with E-state index in [1.807, 2.05) is 29.0 Å². The van der Waals surface area contributed by atoms with Gasteiger partial charge in [-0.25, -0.2) is 4.98 Å². The molecule has 0 radical (unpaired) electrons. The number of aromatic nitrogens is 2. The van der Waals surface area contributed by atoms with Crippen LogP contribution in [0.5, 0.6) is 11.5 Å². The number of aliphatic hydroxyl groups excluding tert-OH is 1. The molecule has 0 saturated carbocycles. The standard InChI is InChI=1S/C16H21N3O3.2ClH/c1-21-14-5-3-4-11(15(14)22-2)16-18-8-9-19(16)12-6-7-17-10-13(12)20;;/h3-5,8-9,12-13,17,20H,6-7,10H2,1-2H3;2*1H/t12-,13-;;/m0../s1. The van der Waals surface area contributed by atoms with E-state index < -0.39 is 6.10 Å². The zero-order chi connectivity index (χ0) is 15.5. The van der Waals surface area contributed by atoms with Crippen molar-refractivity contribution < 1.29 is 14.6 Å². The number of aliphatic hydroxyl groups is 1. The topological polar surface area (TPSA) is 68.5 Å². The molecule has 24 heavy (non-hydrogen) atoms. The quantitative estimate of drug-likeness (QED) is 0.857. The number of ether oxygens (including phenoxy) is 2. The van der Waals surface area contributed by atoms with Crippen LogP contribution in [0.25, 0.3) is 11.4 Å². The lowest BCUT2D eigenvalue weighted by atomic mass is 10.0. The van der Waals surface area contributed by atoms with Crippen molar-refractivity contribution in [2.24, 2.45) is 0 Å². The lowest BCUT2D eigenvalue weighted by molar-refractivity contribution is 0.0880. The molecule has 3 rings (SSSR count). The Morgan fingerprint density at radius 3 is 2.71 bits per heavy atom. The summed E-state index contributed by atoms with van der Waals surface area (Å²) in [7, 11) is 3.23. The van der Waals surface area contributed by atoms with Gasteiger partial charge in [0, 0.05) is 18.9 Å². The van der Waals surface area contributed by atoms with Gasteiger partial charge in [0.05, 0.1) is 31.9 Å². The molecule has 1 aromatic heterocycles. The molecule has 2 heterocycles. The first kappa shape index (κ1) is 20.6. The van der Waals surface area contributed by atoms with Crippen molar-refractivity contribution in [2.75, 3.05) is 27.3 Å². The second-order valence-electron chi connectivity index (χ2n) is 5.33. The fourth-order valence-corrected chi connectivity index (χ4v) is 3.01. The fraction of sp³-hybridized carbons (Fsp3) is 0.438. The predicted octanol–water partition coefficient (Wildman–Crippen LogP) is 2.31. The Balaban J connectivity index is 0.00000144. The Hall–Kier alpha value is -1.47. The van der Waals surface area contributed by atoms with Crippen LogP contribution < -0.4 is 14.8 Å². The van der Waals surface area contributed by atoms with Gasteiger partial charge < -0.3 is 24.5 Å². The predicted molar refractivity (Wildman–Crippen MR) is 97.8 cm³/mol. The average Bonchev–Trinajstić information content (AvgIpc) is 3.03. The molecule has 6 nitrogen and oxygen atoms in total. The zero-order valence-electron chi connectivity index (χ0n) is 13.6. The third-order valence-corrected chi connectivity index (χ3v) is 4.08. The van der Waals surface area contributed by atoms with Gasteiger partial charge in [-0.2, -0.15) is 0 Å². The van der Waals surface area contributed by atoms with Gasteiger partial charge >= 0.3 is 0 Å². The Kier molecular flexibility index (Phi) is 7.83. The Morgan fingerprint density at radius 2 is 2.04 bits per heavy atom. The molecule has 0 aliphatic carbocycles. The summed E-state index contributed by atoms with van der Waals surface area (Å²) < 4.78 is 12.9. The highest BCUT2D eigenvalue weighted by Gasteiger charge is 2.27. The molecule has 0 amide bonds. The molecular weight excluding hydrogens is 353 g/mol. The van der Waals surface area contributed by atoms with E-state index in [9.17, 15) is 5.11 Å². The van der Waals surface area contributed by atoms with Crippen molar-refractivity contribution in [3.63, 3.8) is 0 Å². The number of β-amino-alcohol motifs (C(OH)–C–C–N with tert-alkyl or cyclic N) is 1. The molecule has 2 aromatic rings. The Morgan fingerprint density at radius 1 is 1.25 bits per heavy atom. The van der Waals surface area contributed by atoms with Crippen LogP contribution in [-0.2, 0) is 0 Å². The molecule has 8 heteroatoms. The minimum absolute atomic E-state index is 0. The summed E-state index contributed by atoms with van der Waals surface area (Å²) in [6.45, 7) is 1.48. The molecule has 2 N–H and O–H groups in total. The zero-order valence-corrected chi connectivity index (χ0v) is 15.3. The van der Waals surface area contributed by atoms with E-state index in [4.69, 9.17) is 9.47 Å². The molecule has 0 spiro atoms. The number of hydrogen-bond acceptors (Lipinski definition) is 5. The van der Waals surface area contributed by atoms with Gasteiger partial charge in [-0.05, 0) is 25.1 Å². The maximum atomic E-state index is 10.3. The Bertz CT molecular complexity index is 651. The highest BCUT2D eigenvalue weighted by atomic mass is 35.5. The number of hydrogen-bond donors (Lipinski definition) is 2. The van der Waals surface area contributed by atoms with E-state index in [0.29, 0.717) is 18.0 Å². The maximum Gasteiger partial charge on any atom is 0.171 e. The van der Waals surface area contributed by atoms with Gasteiger partial charge in [0.15, 0.2) is 11.5 Å². The third-order valence-electron chi connectivity index (χ3n) is 4.08. The molecule has 1 saturated heterocycles. The first-order valence-electron chi connectivity index (χ1n) is 7.39. The minimum atomic E-state index is -0.432. The number of rotatable bonds is 4. The van der Waals surface area contributed by atoms with Crippen LogP contribution in [0.2, 0.25) is 0 Å². The summed E-state index contributed by atoms with van der Waals surface area (Å²) in [6.07, 6.45) is 4.09. The first-order valence-corrected chi connectivity index (χ1v) is 7.39. The molecule has 1 fully saturated rings. The van der Waals surface area contributed by atoms with E-state index >= 15 is 0 Å². The van der Waals surface area contributed by atoms with Crippen molar-refractivity contribution in [2.45, 2.75) is 18.6 Å². The van der Waals surface area contributed by atoms with Gasteiger partial charge in [0.2, 0.25) is 0 Å². The summed E-state index contributed by atoms with van der Waals surface area (Å²) in [4.78, 5) is 4.48. The monoisotopic (exact) mass is 375 g/mol. The van der Waals surface area contributed by atoms with E-state index in [2.05, 4.69) is 10.3 Å². The molecule has 1 aliphatic heterocycles. The van der Waals surface area contributed by atoms with Gasteiger partial charge in [0.1, 0.15) is 5.82 Å². The summed E-state index contributed by atoms with van der Waals surface area (Å²) in [5, 5.41) is 13.5. The van der Waals surface area contributed by atoms with Crippen molar-refractivity contribution in [1.29, 1.82) is 0 Å². The molecular formula is C16H23Cl2N3O3. The van der Waals surface area contributed by atoms with Crippen LogP contribution in [0.4, 0.5) is 0 Å². The van der Waals surface area contributed by atoms with Crippen LogP contribution in [-0.4, -0.2) is 48.1 Å².